The van der Waals surface area contributed by atoms with E-state index in [-0.39, 0.29) is 10.7 Å². The van der Waals surface area contributed by atoms with Crippen molar-refractivity contribution in [2.45, 2.75) is 40.7 Å². The lowest BCUT2D eigenvalue weighted by molar-refractivity contribution is -0.126. The van der Waals surface area contributed by atoms with Gasteiger partial charge in [-0.2, -0.15) is 10.2 Å². The van der Waals surface area contributed by atoms with Gasteiger partial charge in [0, 0.05) is 18.2 Å². The second-order valence-electron chi connectivity index (χ2n) is 6.86. The van der Waals surface area contributed by atoms with Gasteiger partial charge in [0.15, 0.2) is 17.3 Å². The molecule has 0 spiro atoms. The molecule has 0 saturated heterocycles. The second kappa shape index (κ2) is 13.4. The zero-order valence-corrected chi connectivity index (χ0v) is 20.8. The van der Waals surface area contributed by atoms with E-state index >= 15 is 0 Å². The van der Waals surface area contributed by atoms with Gasteiger partial charge in [-0.15, -0.1) is 0 Å². The molecule has 1 atom stereocenters. The summed E-state index contributed by atoms with van der Waals surface area (Å²) in [6.07, 6.45) is 0. The fourth-order valence-electron chi connectivity index (χ4n) is 2.92. The third-order valence-electron chi connectivity index (χ3n) is 4.35. The van der Waals surface area contributed by atoms with Crippen LogP contribution in [0.25, 0.3) is 0 Å². The number of azo groups is 1. The van der Waals surface area contributed by atoms with Crippen molar-refractivity contribution in [3.8, 4) is 23.0 Å². The fourth-order valence-corrected chi connectivity index (χ4v) is 3.12. The average molecular weight is 492 g/mol. The molecule has 2 aromatic carbocycles. The number of nitrogens with one attached hydrogen (secondary N) is 1. The molecule has 0 radical (unpaired) electrons. The molecule has 0 bridgehead atoms. The molecule has 1 N–H and O–H groups in total. The Hall–Kier alpha value is -3.33. The van der Waals surface area contributed by atoms with Gasteiger partial charge in [0.1, 0.15) is 17.2 Å². The highest BCUT2D eigenvalue weighted by atomic mass is 35.5. The third-order valence-corrected chi connectivity index (χ3v) is 4.66. The van der Waals surface area contributed by atoms with Crippen molar-refractivity contribution in [2.24, 2.45) is 10.2 Å². The van der Waals surface area contributed by atoms with Crippen molar-refractivity contribution in [1.82, 2.24) is 0 Å². The van der Waals surface area contributed by atoms with Crippen LogP contribution in [0.3, 0.4) is 0 Å². The summed E-state index contributed by atoms with van der Waals surface area (Å²) < 4.78 is 22.2. The number of ether oxygens (including phenoxy) is 4. The van der Waals surface area contributed by atoms with Crippen molar-refractivity contribution >= 4 is 34.7 Å². The molecule has 0 saturated carbocycles. The summed E-state index contributed by atoms with van der Waals surface area (Å²) in [4.78, 5) is 25.1. The summed E-state index contributed by atoms with van der Waals surface area (Å²) in [7, 11) is 0. The summed E-state index contributed by atoms with van der Waals surface area (Å²) in [6.45, 7) is 10.3. The Labute approximate surface area is 204 Å². The molecule has 2 aromatic rings. The molecular weight excluding hydrogens is 462 g/mol. The predicted molar refractivity (Wildman–Crippen MR) is 130 cm³/mol. The maximum absolute atomic E-state index is 12.9. The molecule has 34 heavy (non-hydrogen) atoms. The minimum atomic E-state index is -1.40. The zero-order chi connectivity index (χ0) is 25.1. The van der Waals surface area contributed by atoms with E-state index in [0.29, 0.717) is 55.1 Å². The van der Waals surface area contributed by atoms with Crippen molar-refractivity contribution in [3.05, 3.63) is 35.4 Å². The van der Waals surface area contributed by atoms with Crippen LogP contribution in [-0.2, 0) is 9.59 Å². The van der Waals surface area contributed by atoms with Crippen LogP contribution in [-0.4, -0.2) is 44.2 Å². The molecule has 0 aromatic heterocycles. The Morgan fingerprint density at radius 3 is 2.06 bits per heavy atom. The maximum atomic E-state index is 12.9. The number of hydrogen-bond donors (Lipinski definition) is 1. The normalized spacial score (nSPS) is 11.7. The third kappa shape index (κ3) is 7.34. The van der Waals surface area contributed by atoms with E-state index in [4.69, 9.17) is 30.5 Å². The number of benzene rings is 2. The average Bonchev–Trinajstić information content (AvgIpc) is 2.79. The van der Waals surface area contributed by atoms with E-state index in [1.165, 1.54) is 6.92 Å². The van der Waals surface area contributed by atoms with Gasteiger partial charge in [-0.3, -0.25) is 9.59 Å². The highest BCUT2D eigenvalue weighted by molar-refractivity contribution is 6.34. The lowest BCUT2D eigenvalue weighted by Gasteiger charge is -2.16. The molecule has 1 unspecified atom stereocenters. The fraction of sp³-hybridized carbons (Fsp3) is 0.417. The number of halogens is 1. The van der Waals surface area contributed by atoms with Crippen LogP contribution in [0.1, 0.15) is 34.6 Å². The van der Waals surface area contributed by atoms with Crippen molar-refractivity contribution < 1.29 is 28.5 Å². The molecule has 2 rings (SSSR count). The first-order chi connectivity index (χ1) is 16.3. The van der Waals surface area contributed by atoms with Crippen LogP contribution >= 0.6 is 11.6 Å². The topological polar surface area (TPSA) is 108 Å². The molecule has 184 valence electrons. The van der Waals surface area contributed by atoms with Crippen molar-refractivity contribution in [3.63, 3.8) is 0 Å². The number of carbonyl (C=O) groups excluding carboxylic acids is 2. The largest absolute Gasteiger partial charge is 0.494 e. The highest BCUT2D eigenvalue weighted by Crippen LogP contribution is 2.37. The predicted octanol–water partition coefficient (Wildman–Crippen LogP) is 5.61. The number of anilines is 1. The summed E-state index contributed by atoms with van der Waals surface area (Å²) in [6, 6.07) is 6.76. The molecule has 0 aliphatic carbocycles. The van der Waals surface area contributed by atoms with E-state index in [0.717, 1.165) is 0 Å². The van der Waals surface area contributed by atoms with Gasteiger partial charge in [-0.1, -0.05) is 11.6 Å². The lowest BCUT2D eigenvalue weighted by Crippen LogP contribution is -2.32. The molecule has 0 aliphatic heterocycles. The van der Waals surface area contributed by atoms with Crippen molar-refractivity contribution in [1.29, 1.82) is 0 Å². The summed E-state index contributed by atoms with van der Waals surface area (Å²) in [5.41, 5.74) is 0.595. The van der Waals surface area contributed by atoms with E-state index < -0.39 is 17.7 Å². The minimum Gasteiger partial charge on any atom is -0.494 e. The van der Waals surface area contributed by atoms with E-state index in [1.54, 1.807) is 30.3 Å². The van der Waals surface area contributed by atoms with Crippen LogP contribution < -0.4 is 24.3 Å². The summed E-state index contributed by atoms with van der Waals surface area (Å²) >= 11 is 6.32. The molecular formula is C24H30ClN3O6. The quantitative estimate of drug-likeness (QED) is 0.288. The Bertz CT molecular complexity index is 1030. The van der Waals surface area contributed by atoms with Crippen molar-refractivity contribution in [2.75, 3.05) is 31.7 Å². The standard InChI is InChI=1S/C24H30ClN3O6/c1-6-31-16-10-11-20(32-7-2)19(12-16)27-28-23(15(5)29)24(30)26-18-14-22(34-9-4)21(33-8-3)13-17(18)25/h10-14,23H,6-9H2,1-5H3,(H,26,30). The zero-order valence-electron chi connectivity index (χ0n) is 20.0. The van der Waals surface area contributed by atoms with Gasteiger partial charge in [-0.25, -0.2) is 0 Å². The Morgan fingerprint density at radius 2 is 1.47 bits per heavy atom. The van der Waals surface area contributed by atoms with Crippen LogP contribution in [0.5, 0.6) is 23.0 Å². The first-order valence-corrected chi connectivity index (χ1v) is 11.4. The molecule has 1 amide bonds. The monoisotopic (exact) mass is 491 g/mol. The van der Waals surface area contributed by atoms with E-state index in [1.807, 2.05) is 27.7 Å². The lowest BCUT2D eigenvalue weighted by atomic mass is 10.2. The van der Waals surface area contributed by atoms with Crippen LogP contribution in [0.2, 0.25) is 5.02 Å². The Kier molecular flexibility index (Phi) is 10.6. The maximum Gasteiger partial charge on any atom is 0.258 e. The summed E-state index contributed by atoms with van der Waals surface area (Å²) in [5.74, 6) is 0.699. The van der Waals surface area contributed by atoms with Gasteiger partial charge in [0.05, 0.1) is 37.1 Å². The van der Waals surface area contributed by atoms with E-state index in [2.05, 4.69) is 15.5 Å². The van der Waals surface area contributed by atoms with Crippen LogP contribution in [0.4, 0.5) is 11.4 Å². The van der Waals surface area contributed by atoms with E-state index in [9.17, 15) is 9.59 Å². The SMILES string of the molecule is CCOc1ccc(OCC)c(N=NC(C(C)=O)C(=O)Nc2cc(OCC)c(OCC)cc2Cl)c1. The number of nitrogens with zero attached hydrogens (tertiary/aromatic N) is 2. The molecule has 0 heterocycles. The number of rotatable bonds is 13. The van der Waals surface area contributed by atoms with Gasteiger partial charge >= 0.3 is 0 Å². The number of ketones is 1. The molecule has 0 fully saturated rings. The second-order valence-corrected chi connectivity index (χ2v) is 7.27. The number of amides is 1. The van der Waals surface area contributed by atoms with Gasteiger partial charge in [-0.05, 0) is 46.8 Å². The first kappa shape index (κ1) is 26.9. The summed E-state index contributed by atoms with van der Waals surface area (Å²) in [5, 5.41) is 11.0. The number of Topliss-reactive ketones (excluding diaryl/α,β-unsaturated/α-hetero) is 1. The Balaban J connectivity index is 2.32. The van der Waals surface area contributed by atoms with Gasteiger partial charge in [0.25, 0.3) is 5.91 Å². The number of hydrogen-bond acceptors (Lipinski definition) is 8. The highest BCUT2D eigenvalue weighted by Gasteiger charge is 2.25. The van der Waals surface area contributed by atoms with Crippen LogP contribution in [0, 0.1) is 0 Å². The first-order valence-electron chi connectivity index (χ1n) is 11.0. The smallest absolute Gasteiger partial charge is 0.258 e. The number of carbonyl (C=O) groups is 2. The van der Waals surface area contributed by atoms with Crippen LogP contribution in [0.15, 0.2) is 40.6 Å². The Morgan fingerprint density at radius 1 is 0.882 bits per heavy atom. The van der Waals surface area contributed by atoms with Gasteiger partial charge in [0.2, 0.25) is 6.04 Å². The molecule has 10 heteroatoms. The van der Waals surface area contributed by atoms with Gasteiger partial charge < -0.3 is 24.3 Å². The molecule has 9 nitrogen and oxygen atoms in total. The molecule has 0 aliphatic rings. The minimum absolute atomic E-state index is 0.225.